The van der Waals surface area contributed by atoms with Gasteiger partial charge in [0.15, 0.2) is 0 Å². The number of halogens is 1. The number of carbonyl (C=O) groups is 1. The van der Waals surface area contributed by atoms with Crippen molar-refractivity contribution in [2.45, 2.75) is 64.5 Å². The number of rotatable bonds is 9. The van der Waals surface area contributed by atoms with E-state index in [0.717, 1.165) is 34.7 Å². The van der Waals surface area contributed by atoms with Crippen LogP contribution in [-0.4, -0.2) is 70.4 Å². The Labute approximate surface area is 234 Å². The van der Waals surface area contributed by atoms with E-state index in [1.807, 2.05) is 35.7 Å². The number of hydrogen-bond donors (Lipinski definition) is 3. The minimum atomic E-state index is -0.853. The van der Waals surface area contributed by atoms with Crippen LogP contribution in [-0.2, 0) is 5.41 Å². The molecule has 0 radical (unpaired) electrons. The first-order valence-electron chi connectivity index (χ1n) is 13.2. The Morgan fingerprint density at radius 3 is 2.66 bits per heavy atom. The molecule has 1 aliphatic rings. The van der Waals surface area contributed by atoms with Crippen molar-refractivity contribution in [1.82, 2.24) is 20.2 Å². The average molecular weight is 559 g/mol. The maximum absolute atomic E-state index is 12.4. The molecule has 3 N–H and O–H groups in total. The standard InChI is InChI=1S/C28H39ClN6O2S/c1-19(2)34(14-6-13-30-26(36)31-21-9-7-20(8-10-21)27(3,4)5)17-28(37)12-15-35(18-28)23-22-11-16-38-24(22)33-25(29)32-23/h7-11,16,19,37H,6,12-15,17-18H2,1-5H3,(H2,30,31,36). The molecule has 10 heteroatoms. The molecule has 4 rings (SSSR count). The Kier molecular flexibility index (Phi) is 8.82. The number of aromatic nitrogens is 2. The molecular weight excluding hydrogens is 520 g/mol. The Morgan fingerprint density at radius 1 is 1.24 bits per heavy atom. The smallest absolute Gasteiger partial charge is 0.319 e. The zero-order valence-electron chi connectivity index (χ0n) is 22.9. The van der Waals surface area contributed by atoms with Crippen molar-refractivity contribution in [2.75, 3.05) is 42.9 Å². The van der Waals surface area contributed by atoms with E-state index in [-0.39, 0.29) is 22.8 Å². The number of amides is 2. The van der Waals surface area contributed by atoms with Crippen molar-refractivity contribution >= 4 is 50.7 Å². The topological polar surface area (TPSA) is 93.6 Å². The molecule has 1 aromatic carbocycles. The van der Waals surface area contributed by atoms with Crippen molar-refractivity contribution < 1.29 is 9.90 Å². The van der Waals surface area contributed by atoms with Gasteiger partial charge in [-0.25, -0.2) is 9.78 Å². The predicted molar refractivity (Wildman–Crippen MR) is 158 cm³/mol. The number of anilines is 2. The summed E-state index contributed by atoms with van der Waals surface area (Å²) in [7, 11) is 0. The maximum Gasteiger partial charge on any atom is 0.319 e. The molecule has 1 atom stereocenters. The fourth-order valence-electron chi connectivity index (χ4n) is 4.83. The van der Waals surface area contributed by atoms with E-state index in [4.69, 9.17) is 11.6 Å². The molecule has 1 unspecified atom stereocenters. The van der Waals surface area contributed by atoms with Crippen molar-refractivity contribution in [1.29, 1.82) is 0 Å². The van der Waals surface area contributed by atoms with Crippen LogP contribution in [0, 0.1) is 0 Å². The molecule has 1 saturated heterocycles. The minimum absolute atomic E-state index is 0.0765. The molecule has 0 saturated carbocycles. The van der Waals surface area contributed by atoms with Gasteiger partial charge in [0.1, 0.15) is 10.6 Å². The molecule has 0 aliphatic carbocycles. The molecule has 8 nitrogen and oxygen atoms in total. The van der Waals surface area contributed by atoms with Gasteiger partial charge in [0.2, 0.25) is 5.28 Å². The third-order valence-corrected chi connectivity index (χ3v) is 8.03. The second kappa shape index (κ2) is 11.7. The van der Waals surface area contributed by atoms with Crippen LogP contribution in [0.3, 0.4) is 0 Å². The van der Waals surface area contributed by atoms with Crippen LogP contribution >= 0.6 is 22.9 Å². The Morgan fingerprint density at radius 2 is 1.97 bits per heavy atom. The van der Waals surface area contributed by atoms with E-state index in [1.165, 1.54) is 16.9 Å². The molecule has 0 spiro atoms. The number of aliphatic hydroxyl groups is 1. The molecule has 3 aromatic rings. The van der Waals surface area contributed by atoms with Gasteiger partial charge in [-0.1, -0.05) is 32.9 Å². The summed E-state index contributed by atoms with van der Waals surface area (Å²) in [5, 5.41) is 20.5. The van der Waals surface area contributed by atoms with Crippen LogP contribution in [0.1, 0.15) is 53.0 Å². The van der Waals surface area contributed by atoms with Crippen molar-refractivity contribution in [2.24, 2.45) is 0 Å². The number of nitrogens with one attached hydrogen (secondary N) is 2. The number of thiophene rings is 1. The Balaban J connectivity index is 1.26. The van der Waals surface area contributed by atoms with Crippen LogP contribution in [0.5, 0.6) is 0 Å². The van der Waals surface area contributed by atoms with E-state index < -0.39 is 5.60 Å². The van der Waals surface area contributed by atoms with E-state index >= 15 is 0 Å². The van der Waals surface area contributed by atoms with Crippen LogP contribution in [0.4, 0.5) is 16.3 Å². The monoisotopic (exact) mass is 558 g/mol. The van der Waals surface area contributed by atoms with Gasteiger partial charge in [-0.2, -0.15) is 4.98 Å². The van der Waals surface area contributed by atoms with E-state index in [9.17, 15) is 9.90 Å². The van der Waals surface area contributed by atoms with Crippen LogP contribution in [0.2, 0.25) is 5.28 Å². The summed E-state index contributed by atoms with van der Waals surface area (Å²) in [5.41, 5.74) is 1.23. The first-order valence-corrected chi connectivity index (χ1v) is 14.5. The lowest BCUT2D eigenvalue weighted by molar-refractivity contribution is 0.0125. The third-order valence-electron chi connectivity index (χ3n) is 7.05. The predicted octanol–water partition coefficient (Wildman–Crippen LogP) is 5.51. The Bertz CT molecular complexity index is 1240. The van der Waals surface area contributed by atoms with Crippen LogP contribution in [0.25, 0.3) is 10.2 Å². The molecule has 1 fully saturated rings. The summed E-state index contributed by atoms with van der Waals surface area (Å²) in [5.74, 6) is 0.788. The minimum Gasteiger partial charge on any atom is -0.387 e. The molecular formula is C28H39ClN6O2S. The van der Waals surface area contributed by atoms with Gasteiger partial charge < -0.3 is 20.6 Å². The number of hydrogen-bond acceptors (Lipinski definition) is 7. The van der Waals surface area contributed by atoms with E-state index in [0.29, 0.717) is 32.6 Å². The number of urea groups is 1. The summed E-state index contributed by atoms with van der Waals surface area (Å²) in [6.07, 6.45) is 1.43. The average Bonchev–Trinajstić information content (AvgIpc) is 3.47. The summed E-state index contributed by atoms with van der Waals surface area (Å²) in [6.45, 7) is 13.8. The van der Waals surface area contributed by atoms with Crippen LogP contribution in [0.15, 0.2) is 35.7 Å². The van der Waals surface area contributed by atoms with Crippen molar-refractivity contribution in [3.63, 3.8) is 0 Å². The number of benzene rings is 1. The largest absolute Gasteiger partial charge is 0.387 e. The van der Waals surface area contributed by atoms with Crippen LogP contribution < -0.4 is 15.5 Å². The normalized spacial score (nSPS) is 18.1. The van der Waals surface area contributed by atoms with Gasteiger partial charge in [-0.05, 0) is 72.8 Å². The molecule has 38 heavy (non-hydrogen) atoms. The van der Waals surface area contributed by atoms with Gasteiger partial charge >= 0.3 is 6.03 Å². The lowest BCUT2D eigenvalue weighted by atomic mass is 9.87. The molecule has 206 valence electrons. The zero-order chi connectivity index (χ0) is 27.5. The summed E-state index contributed by atoms with van der Waals surface area (Å²) in [6, 6.07) is 10.0. The number of nitrogens with zero attached hydrogens (tertiary/aromatic N) is 4. The molecule has 0 bridgehead atoms. The lowest BCUT2D eigenvalue weighted by Gasteiger charge is -2.34. The maximum atomic E-state index is 12.4. The number of carbonyl (C=O) groups excluding carboxylic acids is 1. The fraction of sp³-hybridized carbons (Fsp3) is 0.536. The quantitative estimate of drug-likeness (QED) is 0.237. The van der Waals surface area contributed by atoms with Gasteiger partial charge in [0.05, 0.1) is 11.0 Å². The number of fused-ring (bicyclic) bond motifs is 1. The first-order chi connectivity index (χ1) is 17.9. The highest BCUT2D eigenvalue weighted by atomic mass is 35.5. The fourth-order valence-corrected chi connectivity index (χ4v) is 5.81. The molecule has 1 aliphatic heterocycles. The summed E-state index contributed by atoms with van der Waals surface area (Å²) < 4.78 is 0. The molecule has 3 heterocycles. The van der Waals surface area contributed by atoms with Crippen molar-refractivity contribution in [3.8, 4) is 0 Å². The highest BCUT2D eigenvalue weighted by Crippen LogP contribution is 2.34. The first kappa shape index (κ1) is 28.5. The SMILES string of the molecule is CC(C)N(CCCNC(=O)Nc1ccc(C(C)(C)C)cc1)CC1(O)CCN(c2nc(Cl)nc3sccc23)C1. The summed E-state index contributed by atoms with van der Waals surface area (Å²) in [4.78, 5) is 26.4. The highest BCUT2D eigenvalue weighted by Gasteiger charge is 2.39. The van der Waals surface area contributed by atoms with Crippen molar-refractivity contribution in [3.05, 3.63) is 46.6 Å². The van der Waals surface area contributed by atoms with Gasteiger partial charge in [0.25, 0.3) is 0 Å². The van der Waals surface area contributed by atoms with E-state index in [1.54, 1.807) is 0 Å². The van der Waals surface area contributed by atoms with Gasteiger partial charge in [-0.15, -0.1) is 11.3 Å². The van der Waals surface area contributed by atoms with Gasteiger partial charge in [-0.3, -0.25) is 4.90 Å². The second-order valence-corrected chi connectivity index (χ2v) is 12.7. The molecule has 2 aromatic heterocycles. The van der Waals surface area contributed by atoms with E-state index in [2.05, 4.69) is 65.0 Å². The summed E-state index contributed by atoms with van der Waals surface area (Å²) >= 11 is 7.71. The second-order valence-electron chi connectivity index (χ2n) is 11.5. The lowest BCUT2D eigenvalue weighted by Crippen LogP contribution is -2.48. The molecule has 2 amide bonds. The Hall–Kier alpha value is -2.46. The number of β-amino-alcohol motifs (C(OH)–C–C–N with tert-alkyl or cyclic N) is 1. The zero-order valence-corrected chi connectivity index (χ0v) is 24.5. The highest BCUT2D eigenvalue weighted by molar-refractivity contribution is 7.16. The van der Waals surface area contributed by atoms with Gasteiger partial charge in [0, 0.05) is 44.5 Å². The third kappa shape index (κ3) is 7.14.